The summed E-state index contributed by atoms with van der Waals surface area (Å²) in [5, 5.41) is 9.53. The maximum absolute atomic E-state index is 12.8. The summed E-state index contributed by atoms with van der Waals surface area (Å²) < 4.78 is 0. The summed E-state index contributed by atoms with van der Waals surface area (Å²) in [6, 6.07) is 14.4. The van der Waals surface area contributed by atoms with E-state index < -0.39 is 0 Å². The lowest BCUT2D eigenvalue weighted by Crippen LogP contribution is -2.20. The molecule has 2 aromatic carbocycles. The van der Waals surface area contributed by atoms with Crippen LogP contribution in [0, 0.1) is 11.3 Å². The van der Waals surface area contributed by atoms with Gasteiger partial charge in [0, 0.05) is 22.0 Å². The van der Waals surface area contributed by atoms with E-state index in [9.17, 15) is 9.59 Å². The molecule has 4 heteroatoms. The van der Waals surface area contributed by atoms with Crippen LogP contribution < -0.4 is 0 Å². The maximum Gasteiger partial charge on any atom is 0.210 e. The van der Waals surface area contributed by atoms with E-state index in [1.807, 2.05) is 18.2 Å². The van der Waals surface area contributed by atoms with Crippen molar-refractivity contribution in [3.8, 4) is 6.07 Å². The molecule has 22 heavy (non-hydrogen) atoms. The summed E-state index contributed by atoms with van der Waals surface area (Å²) in [5.74, 6) is -0.311. The second-order valence-corrected chi connectivity index (χ2v) is 5.29. The molecule has 4 nitrogen and oxygen atoms in total. The molecule has 0 bridgehead atoms. The van der Waals surface area contributed by atoms with Gasteiger partial charge >= 0.3 is 0 Å². The van der Waals surface area contributed by atoms with E-state index in [0.29, 0.717) is 27.8 Å². The number of hydrogen-bond acceptors (Lipinski definition) is 3. The van der Waals surface area contributed by atoms with Gasteiger partial charge in [-0.2, -0.15) is 5.26 Å². The van der Waals surface area contributed by atoms with Crippen LogP contribution in [0.25, 0.3) is 10.9 Å². The SMILES string of the molecule is N#CCc1ccc2[nH]c3c(c2c1)C(=O)c1ccccc1C3=O. The van der Waals surface area contributed by atoms with Gasteiger partial charge in [0.15, 0.2) is 5.78 Å². The molecule has 3 aromatic rings. The first-order chi connectivity index (χ1) is 10.7. The average molecular weight is 286 g/mol. The largest absolute Gasteiger partial charge is 0.351 e. The van der Waals surface area contributed by atoms with Gasteiger partial charge in [0.05, 0.1) is 23.7 Å². The number of carbonyl (C=O) groups excluding carboxylic acids is 2. The van der Waals surface area contributed by atoms with Gasteiger partial charge in [-0.15, -0.1) is 0 Å². The first-order valence-electron chi connectivity index (χ1n) is 6.90. The minimum Gasteiger partial charge on any atom is -0.351 e. The van der Waals surface area contributed by atoms with E-state index in [1.165, 1.54) is 0 Å². The molecule has 1 aliphatic rings. The van der Waals surface area contributed by atoms with Gasteiger partial charge in [0.2, 0.25) is 5.78 Å². The quantitative estimate of drug-likeness (QED) is 0.584. The van der Waals surface area contributed by atoms with Crippen LogP contribution in [0.3, 0.4) is 0 Å². The number of carbonyl (C=O) groups is 2. The highest BCUT2D eigenvalue weighted by atomic mass is 16.1. The number of rotatable bonds is 1. The molecule has 0 atom stereocenters. The third-order valence-corrected chi connectivity index (χ3v) is 4.02. The van der Waals surface area contributed by atoms with Crippen LogP contribution in [-0.2, 0) is 6.42 Å². The molecule has 1 N–H and O–H groups in total. The van der Waals surface area contributed by atoms with Gasteiger partial charge in [-0.1, -0.05) is 30.3 Å². The minimum atomic E-state index is -0.164. The Balaban J connectivity index is 2.03. The fourth-order valence-corrected chi connectivity index (χ4v) is 2.99. The summed E-state index contributed by atoms with van der Waals surface area (Å²) in [4.78, 5) is 28.4. The Hall–Kier alpha value is -3.19. The van der Waals surface area contributed by atoms with Crippen LogP contribution in [0.5, 0.6) is 0 Å². The van der Waals surface area contributed by atoms with Gasteiger partial charge in [-0.25, -0.2) is 0 Å². The van der Waals surface area contributed by atoms with Crippen molar-refractivity contribution < 1.29 is 9.59 Å². The Kier molecular flexibility index (Phi) is 2.51. The lowest BCUT2D eigenvalue weighted by atomic mass is 9.87. The number of aromatic nitrogens is 1. The van der Waals surface area contributed by atoms with E-state index in [4.69, 9.17) is 5.26 Å². The minimum absolute atomic E-state index is 0.148. The third-order valence-electron chi connectivity index (χ3n) is 4.02. The molecule has 0 saturated carbocycles. The van der Waals surface area contributed by atoms with Crippen LogP contribution in [-0.4, -0.2) is 16.6 Å². The Morgan fingerprint density at radius 3 is 2.45 bits per heavy atom. The number of fused-ring (bicyclic) bond motifs is 4. The van der Waals surface area contributed by atoms with Crippen molar-refractivity contribution in [3.63, 3.8) is 0 Å². The van der Waals surface area contributed by atoms with E-state index >= 15 is 0 Å². The normalized spacial score (nSPS) is 12.9. The predicted octanol–water partition coefficient (Wildman–Crippen LogP) is 3.01. The average Bonchev–Trinajstić information content (AvgIpc) is 2.92. The highest BCUT2D eigenvalue weighted by molar-refractivity contribution is 6.32. The zero-order valence-electron chi connectivity index (χ0n) is 11.5. The first-order valence-corrected chi connectivity index (χ1v) is 6.90. The number of nitriles is 1. The molecule has 0 aliphatic heterocycles. The first kappa shape index (κ1) is 12.5. The molecule has 1 aliphatic carbocycles. The predicted molar refractivity (Wildman–Crippen MR) is 80.9 cm³/mol. The molecule has 1 heterocycles. The third kappa shape index (κ3) is 1.57. The Labute approximate surface area is 126 Å². The second kappa shape index (κ2) is 4.40. The number of benzene rings is 2. The molecule has 104 valence electrons. The summed E-state index contributed by atoms with van der Waals surface area (Å²) in [6.07, 6.45) is 0.272. The van der Waals surface area contributed by atoms with Crippen molar-refractivity contribution in [1.29, 1.82) is 5.26 Å². The molecular formula is C18H10N2O2. The number of nitrogens with zero attached hydrogens (tertiary/aromatic N) is 1. The summed E-state index contributed by atoms with van der Waals surface area (Å²) in [7, 11) is 0. The van der Waals surface area contributed by atoms with Gasteiger partial charge in [-0.05, 0) is 17.7 Å². The Morgan fingerprint density at radius 2 is 1.73 bits per heavy atom. The smallest absolute Gasteiger partial charge is 0.210 e. The molecule has 0 fully saturated rings. The molecule has 1 aromatic heterocycles. The van der Waals surface area contributed by atoms with Crippen LogP contribution in [0.15, 0.2) is 42.5 Å². The number of ketones is 2. The molecule has 0 radical (unpaired) electrons. The fraction of sp³-hybridized carbons (Fsp3) is 0.0556. The molecule has 4 rings (SSSR count). The van der Waals surface area contributed by atoms with Crippen molar-refractivity contribution in [1.82, 2.24) is 4.98 Å². The maximum atomic E-state index is 12.8. The number of hydrogen-bond donors (Lipinski definition) is 1. The number of nitrogens with one attached hydrogen (secondary N) is 1. The number of H-pyrrole nitrogens is 1. The zero-order valence-corrected chi connectivity index (χ0v) is 11.5. The van der Waals surface area contributed by atoms with Gasteiger partial charge in [0.25, 0.3) is 0 Å². The topological polar surface area (TPSA) is 73.7 Å². The van der Waals surface area contributed by atoms with Gasteiger partial charge in [0.1, 0.15) is 0 Å². The Bertz CT molecular complexity index is 1010. The standard InChI is InChI=1S/C18H10N2O2/c19-8-7-10-5-6-14-13(9-10)15-16(20-14)18(22)12-4-2-1-3-11(12)17(15)21/h1-6,9,20H,7H2. The number of aromatic amines is 1. The van der Waals surface area contributed by atoms with Crippen molar-refractivity contribution in [2.45, 2.75) is 6.42 Å². The van der Waals surface area contributed by atoms with Gasteiger partial charge in [-0.3, -0.25) is 9.59 Å². The van der Waals surface area contributed by atoms with Gasteiger partial charge < -0.3 is 4.98 Å². The van der Waals surface area contributed by atoms with Crippen LogP contribution in [0.2, 0.25) is 0 Å². The highest BCUT2D eigenvalue weighted by Gasteiger charge is 2.32. The van der Waals surface area contributed by atoms with E-state index in [2.05, 4.69) is 11.1 Å². The van der Waals surface area contributed by atoms with E-state index in [-0.39, 0.29) is 18.0 Å². The zero-order chi connectivity index (χ0) is 15.3. The molecule has 0 saturated heterocycles. The second-order valence-electron chi connectivity index (χ2n) is 5.29. The highest BCUT2D eigenvalue weighted by Crippen LogP contribution is 2.33. The molecular weight excluding hydrogens is 276 g/mol. The Morgan fingerprint density at radius 1 is 1.00 bits per heavy atom. The molecule has 0 unspecified atom stereocenters. The summed E-state index contributed by atoms with van der Waals surface area (Å²) in [5.41, 5.74) is 3.19. The van der Waals surface area contributed by atoms with Crippen molar-refractivity contribution in [2.75, 3.05) is 0 Å². The van der Waals surface area contributed by atoms with Crippen LogP contribution >= 0.6 is 0 Å². The van der Waals surface area contributed by atoms with Crippen molar-refractivity contribution in [3.05, 3.63) is 70.4 Å². The van der Waals surface area contributed by atoms with E-state index in [0.717, 1.165) is 11.1 Å². The summed E-state index contributed by atoms with van der Waals surface area (Å²) >= 11 is 0. The lowest BCUT2D eigenvalue weighted by molar-refractivity contribution is 0.0978. The monoisotopic (exact) mass is 286 g/mol. The lowest BCUT2D eigenvalue weighted by Gasteiger charge is -2.13. The molecule has 0 spiro atoms. The molecule has 0 amide bonds. The van der Waals surface area contributed by atoms with Crippen LogP contribution in [0.4, 0.5) is 0 Å². The van der Waals surface area contributed by atoms with E-state index in [1.54, 1.807) is 24.3 Å². The summed E-state index contributed by atoms with van der Waals surface area (Å²) in [6.45, 7) is 0. The van der Waals surface area contributed by atoms with Crippen LogP contribution in [0.1, 0.15) is 37.5 Å². The fourth-order valence-electron chi connectivity index (χ4n) is 2.99. The van der Waals surface area contributed by atoms with Crippen molar-refractivity contribution in [2.24, 2.45) is 0 Å². The van der Waals surface area contributed by atoms with Crippen molar-refractivity contribution >= 4 is 22.5 Å².